The van der Waals surface area contributed by atoms with Crippen LogP contribution in [0.1, 0.15) is 65.1 Å². The van der Waals surface area contributed by atoms with Crippen molar-refractivity contribution in [3.05, 3.63) is 65.1 Å². The summed E-state index contributed by atoms with van der Waals surface area (Å²) in [5.74, 6) is 0.688. The van der Waals surface area contributed by atoms with Crippen molar-refractivity contribution in [1.29, 1.82) is 0 Å². The van der Waals surface area contributed by atoms with Crippen LogP contribution in [0, 0.1) is 5.82 Å². The van der Waals surface area contributed by atoms with Gasteiger partial charge in [0.25, 0.3) is 5.91 Å². The minimum atomic E-state index is -0.307. The van der Waals surface area contributed by atoms with Crippen LogP contribution in [0.2, 0.25) is 0 Å². The summed E-state index contributed by atoms with van der Waals surface area (Å²) in [7, 11) is 0. The van der Waals surface area contributed by atoms with Crippen LogP contribution in [0.15, 0.2) is 41.0 Å². The highest BCUT2D eigenvalue weighted by Crippen LogP contribution is 2.42. The Morgan fingerprint density at radius 3 is 2.78 bits per heavy atom. The molecule has 0 spiro atoms. The van der Waals surface area contributed by atoms with Crippen molar-refractivity contribution in [2.45, 2.75) is 44.1 Å². The smallest absolute Gasteiger partial charge is 0.274 e. The standard InChI is InChI=1S/C20H19FN4O2/c21-13-6-8-14(9-7-13)25-19(12-4-5-12)18(23-24-25)20(26)22-16-2-1-3-17-15(16)10-11-27-17/h6-12,16H,1-5H2,(H,22,26). The molecule has 0 saturated heterocycles. The monoisotopic (exact) mass is 366 g/mol. The fraction of sp³-hybridized carbons (Fsp3) is 0.350. The maximum absolute atomic E-state index is 13.2. The first-order valence-electron chi connectivity index (χ1n) is 9.29. The molecule has 2 heterocycles. The van der Waals surface area contributed by atoms with Gasteiger partial charge >= 0.3 is 0 Å². The summed E-state index contributed by atoms with van der Waals surface area (Å²) in [4.78, 5) is 13.0. The second-order valence-corrected chi connectivity index (χ2v) is 7.20. The molecule has 7 heteroatoms. The number of amides is 1. The van der Waals surface area contributed by atoms with Gasteiger partial charge in [-0.2, -0.15) is 0 Å². The van der Waals surface area contributed by atoms with E-state index in [4.69, 9.17) is 4.42 Å². The van der Waals surface area contributed by atoms with E-state index in [1.165, 1.54) is 12.1 Å². The molecule has 2 aliphatic carbocycles. The van der Waals surface area contributed by atoms with Crippen molar-refractivity contribution in [1.82, 2.24) is 20.3 Å². The van der Waals surface area contributed by atoms with Gasteiger partial charge in [0, 0.05) is 17.9 Å². The van der Waals surface area contributed by atoms with E-state index < -0.39 is 0 Å². The average molecular weight is 366 g/mol. The minimum Gasteiger partial charge on any atom is -0.469 e. The largest absolute Gasteiger partial charge is 0.469 e. The first-order chi connectivity index (χ1) is 13.2. The number of hydrogen-bond acceptors (Lipinski definition) is 4. The molecule has 1 fully saturated rings. The maximum atomic E-state index is 13.2. The van der Waals surface area contributed by atoms with Gasteiger partial charge in [-0.05, 0) is 56.0 Å². The normalized spacial score (nSPS) is 18.9. The lowest BCUT2D eigenvalue weighted by atomic mass is 9.93. The van der Waals surface area contributed by atoms with Crippen LogP contribution < -0.4 is 5.32 Å². The summed E-state index contributed by atoms with van der Waals surface area (Å²) in [6, 6.07) is 7.93. The Balaban J connectivity index is 1.45. The van der Waals surface area contributed by atoms with Gasteiger partial charge in [-0.15, -0.1) is 5.10 Å². The zero-order chi connectivity index (χ0) is 18.4. The maximum Gasteiger partial charge on any atom is 0.274 e. The Hall–Kier alpha value is -2.96. The van der Waals surface area contributed by atoms with E-state index in [-0.39, 0.29) is 23.7 Å². The quantitative estimate of drug-likeness (QED) is 0.764. The van der Waals surface area contributed by atoms with Crippen molar-refractivity contribution in [2.75, 3.05) is 0 Å². The average Bonchev–Trinajstić information content (AvgIpc) is 3.22. The molecule has 27 heavy (non-hydrogen) atoms. The topological polar surface area (TPSA) is 73.0 Å². The molecule has 1 aromatic carbocycles. The highest BCUT2D eigenvalue weighted by Gasteiger charge is 2.35. The number of rotatable bonds is 4. The number of hydrogen-bond donors (Lipinski definition) is 1. The molecule has 2 aromatic heterocycles. The number of aromatic nitrogens is 3. The molecule has 0 radical (unpaired) electrons. The molecule has 138 valence electrons. The van der Waals surface area contributed by atoms with Gasteiger partial charge in [0.1, 0.15) is 11.6 Å². The number of benzene rings is 1. The number of carbonyl (C=O) groups excluding carboxylic acids is 1. The van der Waals surface area contributed by atoms with E-state index in [1.54, 1.807) is 23.1 Å². The van der Waals surface area contributed by atoms with Gasteiger partial charge in [0.2, 0.25) is 0 Å². The number of carbonyl (C=O) groups is 1. The summed E-state index contributed by atoms with van der Waals surface area (Å²) in [6.07, 6.45) is 6.44. The minimum absolute atomic E-state index is 0.0666. The predicted octanol–water partition coefficient (Wildman–Crippen LogP) is 3.68. The van der Waals surface area contributed by atoms with Crippen LogP contribution in [0.5, 0.6) is 0 Å². The summed E-state index contributed by atoms with van der Waals surface area (Å²) in [6.45, 7) is 0. The molecule has 2 aliphatic rings. The second-order valence-electron chi connectivity index (χ2n) is 7.20. The fourth-order valence-corrected chi connectivity index (χ4v) is 3.81. The Morgan fingerprint density at radius 2 is 2.00 bits per heavy atom. The van der Waals surface area contributed by atoms with Crippen LogP contribution in [-0.2, 0) is 6.42 Å². The third-order valence-corrected chi connectivity index (χ3v) is 5.31. The molecule has 3 aromatic rings. The van der Waals surface area contributed by atoms with E-state index >= 15 is 0 Å². The third-order valence-electron chi connectivity index (χ3n) is 5.31. The number of nitrogens with zero attached hydrogens (tertiary/aromatic N) is 3. The lowest BCUT2D eigenvalue weighted by Crippen LogP contribution is -2.31. The Bertz CT molecular complexity index is 988. The lowest BCUT2D eigenvalue weighted by Gasteiger charge is -2.22. The van der Waals surface area contributed by atoms with Crippen molar-refractivity contribution < 1.29 is 13.6 Å². The number of aryl methyl sites for hydroxylation is 1. The zero-order valence-corrected chi connectivity index (χ0v) is 14.7. The highest BCUT2D eigenvalue weighted by molar-refractivity contribution is 5.94. The van der Waals surface area contributed by atoms with Crippen molar-refractivity contribution in [3.8, 4) is 5.69 Å². The summed E-state index contributed by atoms with van der Waals surface area (Å²) < 4.78 is 20.4. The van der Waals surface area contributed by atoms with Crippen LogP contribution >= 0.6 is 0 Å². The highest BCUT2D eigenvalue weighted by atomic mass is 19.1. The van der Waals surface area contributed by atoms with Gasteiger partial charge in [0.05, 0.1) is 23.7 Å². The van der Waals surface area contributed by atoms with E-state index in [9.17, 15) is 9.18 Å². The van der Waals surface area contributed by atoms with Crippen LogP contribution in [0.25, 0.3) is 5.69 Å². The molecule has 0 aliphatic heterocycles. The predicted molar refractivity (Wildman–Crippen MR) is 95.1 cm³/mol. The molecular formula is C20H19FN4O2. The second kappa shape index (κ2) is 6.33. The van der Waals surface area contributed by atoms with Crippen molar-refractivity contribution >= 4 is 5.91 Å². The Kier molecular flexibility index (Phi) is 3.81. The first kappa shape index (κ1) is 16.2. The molecular weight excluding hydrogens is 347 g/mol. The Labute approximate surface area is 155 Å². The van der Waals surface area contributed by atoms with Crippen molar-refractivity contribution in [2.24, 2.45) is 0 Å². The van der Waals surface area contributed by atoms with Crippen LogP contribution in [0.4, 0.5) is 4.39 Å². The lowest BCUT2D eigenvalue weighted by molar-refractivity contribution is 0.0926. The number of fused-ring (bicyclic) bond motifs is 1. The summed E-state index contributed by atoms with van der Waals surface area (Å²) in [5.41, 5.74) is 2.92. The molecule has 1 saturated carbocycles. The van der Waals surface area contributed by atoms with Gasteiger partial charge in [-0.25, -0.2) is 9.07 Å². The molecule has 6 nitrogen and oxygen atoms in total. The van der Waals surface area contributed by atoms with E-state index in [1.807, 2.05) is 6.07 Å². The Morgan fingerprint density at radius 1 is 1.19 bits per heavy atom. The molecule has 1 atom stereocenters. The van der Waals surface area contributed by atoms with Gasteiger partial charge in [-0.1, -0.05) is 5.21 Å². The number of halogens is 1. The molecule has 1 amide bonds. The molecule has 1 N–H and O–H groups in total. The van der Waals surface area contributed by atoms with Crippen molar-refractivity contribution in [3.63, 3.8) is 0 Å². The number of furan rings is 1. The van der Waals surface area contributed by atoms with Gasteiger partial charge < -0.3 is 9.73 Å². The number of nitrogens with one attached hydrogen (secondary N) is 1. The zero-order valence-electron chi connectivity index (χ0n) is 14.7. The SMILES string of the molecule is O=C(NC1CCCc2occc21)c1nnn(-c2ccc(F)cc2)c1C1CC1. The van der Waals surface area contributed by atoms with Crippen LogP contribution in [-0.4, -0.2) is 20.9 Å². The van der Waals surface area contributed by atoms with E-state index in [2.05, 4.69) is 15.6 Å². The summed E-state index contributed by atoms with van der Waals surface area (Å²) >= 11 is 0. The van der Waals surface area contributed by atoms with Gasteiger partial charge in [0.15, 0.2) is 5.69 Å². The summed E-state index contributed by atoms with van der Waals surface area (Å²) in [5, 5.41) is 11.5. The fourth-order valence-electron chi connectivity index (χ4n) is 3.81. The third kappa shape index (κ3) is 2.93. The molecule has 1 unspecified atom stereocenters. The van der Waals surface area contributed by atoms with Crippen LogP contribution in [0.3, 0.4) is 0 Å². The molecule has 0 bridgehead atoms. The van der Waals surface area contributed by atoms with Gasteiger partial charge in [-0.3, -0.25) is 4.79 Å². The van der Waals surface area contributed by atoms with E-state index in [0.29, 0.717) is 11.4 Å². The van der Waals surface area contributed by atoms with E-state index in [0.717, 1.165) is 49.1 Å². The molecule has 5 rings (SSSR count). The first-order valence-corrected chi connectivity index (χ1v) is 9.29.